The van der Waals surface area contributed by atoms with Crippen LogP contribution in [-0.2, 0) is 11.3 Å². The monoisotopic (exact) mass is 435 g/mol. The molecule has 0 aliphatic rings. The smallest absolute Gasteiger partial charge is 0.246 e. The van der Waals surface area contributed by atoms with Crippen LogP contribution in [0.15, 0.2) is 57.9 Å². The van der Waals surface area contributed by atoms with Crippen LogP contribution in [0.2, 0.25) is 10.0 Å². The van der Waals surface area contributed by atoms with Crippen molar-refractivity contribution in [3.63, 3.8) is 0 Å². The third-order valence-electron chi connectivity index (χ3n) is 4.00. The van der Waals surface area contributed by atoms with Gasteiger partial charge in [0.1, 0.15) is 0 Å². The first-order valence-electron chi connectivity index (χ1n) is 8.73. The van der Waals surface area contributed by atoms with E-state index in [9.17, 15) is 4.79 Å². The van der Waals surface area contributed by atoms with Gasteiger partial charge >= 0.3 is 0 Å². The highest BCUT2D eigenvalue weighted by Gasteiger charge is 2.15. The van der Waals surface area contributed by atoms with Gasteiger partial charge in [-0.1, -0.05) is 40.5 Å². The van der Waals surface area contributed by atoms with Gasteiger partial charge in [-0.2, -0.15) is 4.98 Å². The number of rotatable bonds is 8. The van der Waals surface area contributed by atoms with Crippen LogP contribution < -0.4 is 0 Å². The Morgan fingerprint density at radius 1 is 1.14 bits per heavy atom. The molecule has 3 aromatic rings. The molecule has 8 heteroatoms. The standard InChI is InChI=1S/C20H19Cl2N3O2S/c1-25(19(26)7-4-12-28-15-10-8-14(21)9-11-15)13-18-23-20(24-27-18)16-5-2-3-6-17(16)22/h2-3,5-6,8-11H,4,7,12-13H2,1H3. The molecule has 1 amide bonds. The Hall–Kier alpha value is -2.02. The molecule has 0 aliphatic carbocycles. The second-order valence-electron chi connectivity index (χ2n) is 6.15. The highest BCUT2D eigenvalue weighted by atomic mass is 35.5. The summed E-state index contributed by atoms with van der Waals surface area (Å²) in [5.41, 5.74) is 0.701. The summed E-state index contributed by atoms with van der Waals surface area (Å²) in [5.74, 6) is 1.69. The number of amides is 1. The Morgan fingerprint density at radius 2 is 1.89 bits per heavy atom. The van der Waals surface area contributed by atoms with E-state index in [0.29, 0.717) is 28.7 Å². The van der Waals surface area contributed by atoms with Crippen LogP contribution in [0.4, 0.5) is 0 Å². The molecular weight excluding hydrogens is 417 g/mol. The maximum atomic E-state index is 12.3. The average molecular weight is 436 g/mol. The zero-order valence-corrected chi connectivity index (χ0v) is 17.6. The molecule has 0 fully saturated rings. The number of hydrogen-bond acceptors (Lipinski definition) is 5. The summed E-state index contributed by atoms with van der Waals surface area (Å²) in [6.07, 6.45) is 1.24. The molecule has 0 unspecified atom stereocenters. The Balaban J connectivity index is 1.45. The van der Waals surface area contributed by atoms with Crippen LogP contribution in [-0.4, -0.2) is 33.7 Å². The first-order valence-corrected chi connectivity index (χ1v) is 10.5. The molecule has 0 spiro atoms. The fourth-order valence-corrected chi connectivity index (χ4v) is 3.70. The van der Waals surface area contributed by atoms with E-state index in [1.165, 1.54) is 0 Å². The van der Waals surface area contributed by atoms with E-state index >= 15 is 0 Å². The van der Waals surface area contributed by atoms with Crippen molar-refractivity contribution in [1.82, 2.24) is 15.0 Å². The highest BCUT2D eigenvalue weighted by Crippen LogP contribution is 2.25. The van der Waals surface area contributed by atoms with E-state index in [4.69, 9.17) is 27.7 Å². The SMILES string of the molecule is CN(Cc1nc(-c2ccccc2Cl)no1)C(=O)CCCSc1ccc(Cl)cc1. The van der Waals surface area contributed by atoms with Gasteiger partial charge in [-0.15, -0.1) is 11.8 Å². The molecule has 0 N–H and O–H groups in total. The Kier molecular flexibility index (Phi) is 7.36. The molecule has 0 atom stereocenters. The quantitative estimate of drug-likeness (QED) is 0.341. The van der Waals surface area contributed by atoms with Gasteiger partial charge in [0, 0.05) is 29.0 Å². The lowest BCUT2D eigenvalue weighted by molar-refractivity contribution is -0.130. The van der Waals surface area contributed by atoms with Gasteiger partial charge in [0.15, 0.2) is 0 Å². The Morgan fingerprint density at radius 3 is 2.64 bits per heavy atom. The third-order valence-corrected chi connectivity index (χ3v) is 5.68. The van der Waals surface area contributed by atoms with Gasteiger partial charge in [-0.25, -0.2) is 0 Å². The van der Waals surface area contributed by atoms with Crippen molar-refractivity contribution in [3.05, 3.63) is 64.5 Å². The normalized spacial score (nSPS) is 10.8. The lowest BCUT2D eigenvalue weighted by Crippen LogP contribution is -2.26. The van der Waals surface area contributed by atoms with Crippen molar-refractivity contribution in [1.29, 1.82) is 0 Å². The van der Waals surface area contributed by atoms with Crippen molar-refractivity contribution in [2.45, 2.75) is 24.3 Å². The number of thioether (sulfide) groups is 1. The van der Waals surface area contributed by atoms with Gasteiger partial charge in [0.05, 0.1) is 11.6 Å². The molecule has 0 radical (unpaired) electrons. The predicted octanol–water partition coefficient (Wildman–Crippen LogP) is 5.57. The molecule has 0 saturated carbocycles. The second-order valence-corrected chi connectivity index (χ2v) is 8.16. The molecule has 0 saturated heterocycles. The number of nitrogens with zero attached hydrogens (tertiary/aromatic N) is 3. The minimum absolute atomic E-state index is 0.0363. The number of hydrogen-bond donors (Lipinski definition) is 0. The lowest BCUT2D eigenvalue weighted by Gasteiger charge is -2.14. The fraction of sp³-hybridized carbons (Fsp3) is 0.250. The van der Waals surface area contributed by atoms with Crippen LogP contribution in [0.25, 0.3) is 11.4 Å². The zero-order valence-electron chi connectivity index (χ0n) is 15.3. The van der Waals surface area contributed by atoms with Crippen LogP contribution in [0.5, 0.6) is 0 Å². The topological polar surface area (TPSA) is 59.2 Å². The summed E-state index contributed by atoms with van der Waals surface area (Å²) in [7, 11) is 1.73. The minimum atomic E-state index is 0.0363. The van der Waals surface area contributed by atoms with Gasteiger partial charge in [-0.05, 0) is 48.6 Å². The molecule has 5 nitrogen and oxygen atoms in total. The number of aromatic nitrogens is 2. The maximum absolute atomic E-state index is 12.3. The summed E-state index contributed by atoms with van der Waals surface area (Å²) < 4.78 is 5.26. The van der Waals surface area contributed by atoms with Crippen LogP contribution >= 0.6 is 35.0 Å². The third kappa shape index (κ3) is 5.74. The molecule has 2 aromatic carbocycles. The van der Waals surface area contributed by atoms with Gasteiger partial charge in [-0.3, -0.25) is 4.79 Å². The summed E-state index contributed by atoms with van der Waals surface area (Å²) >= 11 is 13.7. The fourth-order valence-electron chi connectivity index (χ4n) is 2.50. The van der Waals surface area contributed by atoms with Gasteiger partial charge < -0.3 is 9.42 Å². The minimum Gasteiger partial charge on any atom is -0.337 e. The first kappa shape index (κ1) is 20.7. The van der Waals surface area contributed by atoms with Crippen molar-refractivity contribution in [3.8, 4) is 11.4 Å². The van der Waals surface area contributed by atoms with Gasteiger partial charge in [0.25, 0.3) is 0 Å². The van der Waals surface area contributed by atoms with E-state index in [1.54, 1.807) is 29.8 Å². The second kappa shape index (κ2) is 9.96. The first-order chi connectivity index (χ1) is 13.5. The maximum Gasteiger partial charge on any atom is 0.246 e. The van der Waals surface area contributed by atoms with Crippen molar-refractivity contribution in [2.24, 2.45) is 0 Å². The largest absolute Gasteiger partial charge is 0.337 e. The average Bonchev–Trinajstić information content (AvgIpc) is 3.15. The van der Waals surface area contributed by atoms with Crippen molar-refractivity contribution >= 4 is 40.9 Å². The number of halogens is 2. The number of benzene rings is 2. The number of carbonyl (C=O) groups is 1. The molecule has 3 rings (SSSR count). The van der Waals surface area contributed by atoms with E-state index in [0.717, 1.165) is 22.1 Å². The van der Waals surface area contributed by atoms with E-state index in [-0.39, 0.29) is 12.5 Å². The zero-order chi connectivity index (χ0) is 19.9. The van der Waals surface area contributed by atoms with Gasteiger partial charge in [0.2, 0.25) is 17.6 Å². The summed E-state index contributed by atoms with van der Waals surface area (Å²) in [4.78, 5) is 19.4. The lowest BCUT2D eigenvalue weighted by atomic mass is 10.2. The van der Waals surface area contributed by atoms with E-state index in [1.807, 2.05) is 42.5 Å². The summed E-state index contributed by atoms with van der Waals surface area (Å²) in [6.45, 7) is 0.264. The molecular formula is C20H19Cl2N3O2S. The van der Waals surface area contributed by atoms with E-state index < -0.39 is 0 Å². The predicted molar refractivity (Wildman–Crippen MR) is 113 cm³/mol. The highest BCUT2D eigenvalue weighted by molar-refractivity contribution is 7.99. The van der Waals surface area contributed by atoms with Crippen molar-refractivity contribution in [2.75, 3.05) is 12.8 Å². The number of carbonyl (C=O) groups excluding carboxylic acids is 1. The molecule has 0 aliphatic heterocycles. The summed E-state index contributed by atoms with van der Waals surface area (Å²) in [5, 5.41) is 5.23. The Labute approximate surface area is 178 Å². The molecule has 1 heterocycles. The van der Waals surface area contributed by atoms with E-state index in [2.05, 4.69) is 10.1 Å². The Bertz CT molecular complexity index is 931. The van der Waals surface area contributed by atoms with Crippen LogP contribution in [0.3, 0.4) is 0 Å². The molecule has 28 heavy (non-hydrogen) atoms. The molecule has 1 aromatic heterocycles. The van der Waals surface area contributed by atoms with Crippen molar-refractivity contribution < 1.29 is 9.32 Å². The molecule has 146 valence electrons. The molecule has 0 bridgehead atoms. The van der Waals surface area contributed by atoms with Crippen LogP contribution in [0.1, 0.15) is 18.7 Å². The summed E-state index contributed by atoms with van der Waals surface area (Å²) in [6, 6.07) is 15.0. The van der Waals surface area contributed by atoms with Crippen LogP contribution in [0, 0.1) is 0 Å².